The molecule has 1 saturated heterocycles. The molecule has 3 heterocycles. The zero-order valence-corrected chi connectivity index (χ0v) is 26.2. The molecule has 2 aromatic heterocycles. The van der Waals surface area contributed by atoms with E-state index in [1.807, 2.05) is 66.7 Å². The largest absolute Gasteiger partial charge is 0.497 e. The lowest BCUT2D eigenvalue weighted by Gasteiger charge is -2.37. The number of carbonyl (C=O) groups excluding carboxylic acids is 1. The number of nitrogens with one attached hydrogen (secondary N) is 2. The van der Waals surface area contributed by atoms with Crippen molar-refractivity contribution in [2.75, 3.05) is 26.1 Å². The number of benzene rings is 3. The van der Waals surface area contributed by atoms with E-state index in [1.54, 1.807) is 39.0 Å². The number of fused-ring (bicyclic) bond motifs is 1. The summed E-state index contributed by atoms with van der Waals surface area (Å²) in [5.74, 6) is 1.04. The summed E-state index contributed by atoms with van der Waals surface area (Å²) in [4.78, 5) is 36.4. The third-order valence-electron chi connectivity index (χ3n) is 8.25. The van der Waals surface area contributed by atoms with Gasteiger partial charge in [0.15, 0.2) is 11.2 Å². The van der Waals surface area contributed by atoms with Crippen LogP contribution in [0, 0.1) is 5.92 Å². The predicted octanol–water partition coefficient (Wildman–Crippen LogP) is 5.42. The number of hydrogen-bond donors (Lipinski definition) is 2. The fourth-order valence-corrected chi connectivity index (χ4v) is 5.76. The molecule has 46 heavy (non-hydrogen) atoms. The van der Waals surface area contributed by atoms with Crippen LogP contribution in [-0.2, 0) is 19.9 Å². The van der Waals surface area contributed by atoms with E-state index in [-0.39, 0.29) is 36.0 Å². The van der Waals surface area contributed by atoms with Gasteiger partial charge in [-0.3, -0.25) is 24.5 Å². The highest BCUT2D eigenvalue weighted by Gasteiger charge is 2.40. The first-order valence-corrected chi connectivity index (χ1v) is 15.2. The number of nitrogens with zero attached hydrogens (tertiary/aromatic N) is 3. The maximum atomic E-state index is 12.7. The van der Waals surface area contributed by atoms with Gasteiger partial charge in [-0.1, -0.05) is 68.4 Å². The summed E-state index contributed by atoms with van der Waals surface area (Å²) in [6, 6.07) is 25.9. The summed E-state index contributed by atoms with van der Waals surface area (Å²) in [6.07, 6.45) is 2.24. The molecule has 0 aliphatic carbocycles. The molecule has 5 aromatic rings. The third kappa shape index (κ3) is 5.99. The van der Waals surface area contributed by atoms with Crippen LogP contribution in [0.3, 0.4) is 0 Å². The predicted molar refractivity (Wildman–Crippen MR) is 173 cm³/mol. The van der Waals surface area contributed by atoms with E-state index in [4.69, 9.17) is 18.9 Å². The van der Waals surface area contributed by atoms with Gasteiger partial charge in [-0.15, -0.1) is 0 Å². The second-order valence-corrected chi connectivity index (χ2v) is 11.5. The number of imidazole rings is 1. The lowest BCUT2D eigenvalue weighted by atomic mass is 9.80. The van der Waals surface area contributed by atoms with Crippen LogP contribution in [0.1, 0.15) is 49.6 Å². The Bertz CT molecular complexity index is 1800. The zero-order valence-electron chi connectivity index (χ0n) is 26.2. The average molecular weight is 624 g/mol. The minimum Gasteiger partial charge on any atom is -0.497 e. The van der Waals surface area contributed by atoms with E-state index < -0.39 is 17.4 Å². The number of ether oxygens (including phenoxy) is 4. The second kappa shape index (κ2) is 13.2. The fourth-order valence-electron chi connectivity index (χ4n) is 5.76. The molecule has 1 aliphatic rings. The quantitative estimate of drug-likeness (QED) is 0.187. The van der Waals surface area contributed by atoms with E-state index in [0.717, 1.165) is 28.2 Å². The molecule has 11 nitrogen and oxygen atoms in total. The SMILES string of the molecule is COc1ccc(C(OCC2CCC(n3cnc4c(=O)[nH]c(NC(=O)C(C)C)nc43)O2)(c2ccccc2)c2ccc(OC)cc2)cc1. The van der Waals surface area contributed by atoms with E-state index in [0.29, 0.717) is 18.5 Å². The molecule has 3 aromatic carbocycles. The van der Waals surface area contributed by atoms with Crippen molar-refractivity contribution in [2.24, 2.45) is 5.92 Å². The van der Waals surface area contributed by atoms with Gasteiger partial charge in [-0.25, -0.2) is 4.98 Å². The van der Waals surface area contributed by atoms with Crippen LogP contribution in [0.4, 0.5) is 5.95 Å². The molecule has 0 radical (unpaired) electrons. The van der Waals surface area contributed by atoms with E-state index in [1.165, 1.54) is 0 Å². The number of aromatic nitrogens is 4. The van der Waals surface area contributed by atoms with Gasteiger partial charge in [0.2, 0.25) is 11.9 Å². The lowest BCUT2D eigenvalue weighted by Crippen LogP contribution is -2.35. The van der Waals surface area contributed by atoms with Gasteiger partial charge < -0.3 is 18.9 Å². The highest BCUT2D eigenvalue weighted by molar-refractivity contribution is 5.91. The van der Waals surface area contributed by atoms with Crippen LogP contribution in [0.2, 0.25) is 0 Å². The van der Waals surface area contributed by atoms with Crippen LogP contribution in [0.25, 0.3) is 11.2 Å². The number of aromatic amines is 1. The van der Waals surface area contributed by atoms with Crippen molar-refractivity contribution in [3.05, 3.63) is 112 Å². The summed E-state index contributed by atoms with van der Waals surface area (Å²) in [7, 11) is 3.29. The number of H-pyrrole nitrogens is 1. The minimum absolute atomic E-state index is 0.0717. The molecule has 2 N–H and O–H groups in total. The average Bonchev–Trinajstić information content (AvgIpc) is 3.73. The van der Waals surface area contributed by atoms with Gasteiger partial charge in [0.25, 0.3) is 5.56 Å². The normalized spacial score (nSPS) is 16.5. The number of amides is 1. The molecule has 1 fully saturated rings. The molecule has 1 amide bonds. The Kier molecular flexibility index (Phi) is 8.87. The van der Waals surface area contributed by atoms with Crippen LogP contribution in [-0.4, -0.2) is 52.4 Å². The van der Waals surface area contributed by atoms with Gasteiger partial charge in [0, 0.05) is 5.92 Å². The summed E-state index contributed by atoms with van der Waals surface area (Å²) in [5.41, 5.74) is 1.92. The Morgan fingerprint density at radius 3 is 2.15 bits per heavy atom. The third-order valence-corrected chi connectivity index (χ3v) is 8.25. The van der Waals surface area contributed by atoms with Gasteiger partial charge in [-0.05, 0) is 53.8 Å². The molecule has 0 bridgehead atoms. The molecule has 0 saturated carbocycles. The van der Waals surface area contributed by atoms with Crippen LogP contribution in [0.15, 0.2) is 90.0 Å². The topological polar surface area (TPSA) is 130 Å². The Morgan fingerprint density at radius 2 is 1.57 bits per heavy atom. The lowest BCUT2D eigenvalue weighted by molar-refractivity contribution is -0.118. The monoisotopic (exact) mass is 623 g/mol. The number of rotatable bonds is 11. The Labute approximate surface area is 266 Å². The first-order chi connectivity index (χ1) is 22.3. The Balaban J connectivity index is 1.31. The maximum absolute atomic E-state index is 12.7. The number of anilines is 1. The molecule has 238 valence electrons. The fraction of sp³-hybridized carbons (Fsp3) is 0.314. The molecular formula is C35H37N5O6. The van der Waals surface area contributed by atoms with E-state index >= 15 is 0 Å². The maximum Gasteiger partial charge on any atom is 0.280 e. The van der Waals surface area contributed by atoms with Crippen molar-refractivity contribution in [3.8, 4) is 11.5 Å². The van der Waals surface area contributed by atoms with Crippen molar-refractivity contribution in [1.29, 1.82) is 0 Å². The van der Waals surface area contributed by atoms with Crippen LogP contribution < -0.4 is 20.3 Å². The number of hydrogen-bond acceptors (Lipinski definition) is 8. The van der Waals surface area contributed by atoms with Gasteiger partial charge >= 0.3 is 0 Å². The molecule has 2 unspecified atom stereocenters. The standard InChI is InChI=1S/C35H37N5O6/c1-22(2)32(41)38-34-37-31-30(33(42)39-34)36-21-40(31)29-19-18-28(46-29)20-45-35(23-8-6-5-7-9-23,24-10-14-26(43-3)15-11-24)25-12-16-27(44-4)17-13-25/h5-17,21-22,28-29H,18-20H2,1-4H3,(H2,37,38,39,41,42). The highest BCUT2D eigenvalue weighted by Crippen LogP contribution is 2.42. The van der Waals surface area contributed by atoms with Gasteiger partial charge in [0.05, 0.1) is 33.3 Å². The number of methoxy groups -OCH3 is 2. The molecule has 0 spiro atoms. The first kappa shape index (κ1) is 31.0. The van der Waals surface area contributed by atoms with Crippen molar-refractivity contribution >= 4 is 23.0 Å². The Hall–Kier alpha value is -5.00. The highest BCUT2D eigenvalue weighted by atomic mass is 16.6. The Morgan fingerprint density at radius 1 is 0.957 bits per heavy atom. The van der Waals surface area contributed by atoms with Crippen LogP contribution in [0.5, 0.6) is 11.5 Å². The smallest absolute Gasteiger partial charge is 0.280 e. The van der Waals surface area contributed by atoms with Gasteiger partial charge in [-0.2, -0.15) is 4.98 Å². The summed E-state index contributed by atoms with van der Waals surface area (Å²) in [5, 5.41) is 2.67. The van der Waals surface area contributed by atoms with Gasteiger partial charge in [0.1, 0.15) is 23.3 Å². The molecule has 1 aliphatic heterocycles. The summed E-state index contributed by atoms with van der Waals surface area (Å²) in [6.45, 7) is 3.81. The van der Waals surface area contributed by atoms with E-state index in [9.17, 15) is 9.59 Å². The molecular weight excluding hydrogens is 586 g/mol. The molecule has 6 rings (SSSR count). The molecule has 11 heteroatoms. The number of carbonyl (C=O) groups is 1. The van der Waals surface area contributed by atoms with E-state index in [2.05, 4.69) is 32.4 Å². The van der Waals surface area contributed by atoms with Crippen LogP contribution >= 0.6 is 0 Å². The molecule has 2 atom stereocenters. The zero-order chi connectivity index (χ0) is 32.3. The first-order valence-electron chi connectivity index (χ1n) is 15.2. The minimum atomic E-state index is -0.971. The van der Waals surface area contributed by atoms with Crippen molar-refractivity contribution < 1.29 is 23.7 Å². The van der Waals surface area contributed by atoms with Crippen molar-refractivity contribution in [1.82, 2.24) is 19.5 Å². The summed E-state index contributed by atoms with van der Waals surface area (Å²) >= 11 is 0. The van der Waals surface area contributed by atoms with Crippen molar-refractivity contribution in [2.45, 2.75) is 44.6 Å². The van der Waals surface area contributed by atoms with Crippen molar-refractivity contribution in [3.63, 3.8) is 0 Å². The summed E-state index contributed by atoms with van der Waals surface area (Å²) < 4.78 is 26.2. The second-order valence-electron chi connectivity index (χ2n) is 11.5.